The fourth-order valence-electron chi connectivity index (χ4n) is 2.34. The SMILES string of the molecule is CCNC(CCCc1ccncc1)C1CC1. The van der Waals surface area contributed by atoms with Gasteiger partial charge in [-0.15, -0.1) is 0 Å². The molecule has 0 amide bonds. The minimum absolute atomic E-state index is 0.770. The highest BCUT2D eigenvalue weighted by Crippen LogP contribution is 2.34. The predicted octanol–water partition coefficient (Wildman–Crippen LogP) is 2.79. The number of hydrogen-bond acceptors (Lipinski definition) is 2. The van der Waals surface area contributed by atoms with Crippen LogP contribution in [0.5, 0.6) is 0 Å². The Kier molecular flexibility index (Phi) is 4.34. The molecule has 1 N–H and O–H groups in total. The molecule has 1 saturated carbocycles. The smallest absolute Gasteiger partial charge is 0.0270 e. The molecule has 16 heavy (non-hydrogen) atoms. The van der Waals surface area contributed by atoms with Gasteiger partial charge < -0.3 is 5.32 Å². The van der Waals surface area contributed by atoms with Gasteiger partial charge in [-0.05, 0) is 62.3 Å². The Labute approximate surface area is 98.5 Å². The Morgan fingerprint density at radius 2 is 2.12 bits per heavy atom. The summed E-state index contributed by atoms with van der Waals surface area (Å²) in [6.07, 6.45) is 10.5. The van der Waals surface area contributed by atoms with E-state index in [2.05, 4.69) is 29.4 Å². The molecule has 0 bridgehead atoms. The van der Waals surface area contributed by atoms with Gasteiger partial charge in [-0.2, -0.15) is 0 Å². The van der Waals surface area contributed by atoms with E-state index in [1.54, 1.807) is 0 Å². The first-order valence-corrected chi connectivity index (χ1v) is 6.52. The lowest BCUT2D eigenvalue weighted by molar-refractivity contribution is 0.434. The molecule has 0 aliphatic heterocycles. The van der Waals surface area contributed by atoms with Crippen molar-refractivity contribution in [1.29, 1.82) is 0 Å². The minimum Gasteiger partial charge on any atom is -0.314 e. The molecule has 0 saturated heterocycles. The molecule has 1 heterocycles. The van der Waals surface area contributed by atoms with E-state index in [9.17, 15) is 0 Å². The summed E-state index contributed by atoms with van der Waals surface area (Å²) in [4.78, 5) is 4.04. The standard InChI is InChI=1S/C14H22N2/c1-2-16-14(13-6-7-13)5-3-4-12-8-10-15-11-9-12/h8-11,13-14,16H,2-7H2,1H3. The zero-order valence-corrected chi connectivity index (χ0v) is 10.2. The van der Waals surface area contributed by atoms with Crippen molar-refractivity contribution in [2.75, 3.05) is 6.54 Å². The van der Waals surface area contributed by atoms with E-state index in [4.69, 9.17) is 0 Å². The quantitative estimate of drug-likeness (QED) is 0.761. The third-order valence-corrected chi connectivity index (χ3v) is 3.39. The van der Waals surface area contributed by atoms with Crippen LogP contribution in [0, 0.1) is 5.92 Å². The maximum atomic E-state index is 4.04. The molecule has 1 fully saturated rings. The van der Waals surface area contributed by atoms with Crippen molar-refractivity contribution in [3.8, 4) is 0 Å². The Morgan fingerprint density at radius 3 is 2.75 bits per heavy atom. The fourth-order valence-corrected chi connectivity index (χ4v) is 2.34. The summed E-state index contributed by atoms with van der Waals surface area (Å²) in [5.74, 6) is 0.970. The van der Waals surface area contributed by atoms with Gasteiger partial charge in [0.25, 0.3) is 0 Å². The van der Waals surface area contributed by atoms with E-state index in [1.807, 2.05) is 12.4 Å². The topological polar surface area (TPSA) is 24.9 Å². The van der Waals surface area contributed by atoms with E-state index >= 15 is 0 Å². The molecule has 1 aromatic heterocycles. The number of nitrogens with zero attached hydrogens (tertiary/aromatic N) is 1. The molecule has 1 unspecified atom stereocenters. The van der Waals surface area contributed by atoms with Crippen molar-refractivity contribution in [2.45, 2.75) is 45.1 Å². The summed E-state index contributed by atoms with van der Waals surface area (Å²) in [5, 5.41) is 3.62. The summed E-state index contributed by atoms with van der Waals surface area (Å²) in [7, 11) is 0. The second-order valence-electron chi connectivity index (χ2n) is 4.75. The van der Waals surface area contributed by atoms with Crippen LogP contribution < -0.4 is 5.32 Å². The molecule has 0 spiro atoms. The summed E-state index contributed by atoms with van der Waals surface area (Å²) in [5.41, 5.74) is 1.42. The van der Waals surface area contributed by atoms with Gasteiger partial charge in [0.1, 0.15) is 0 Å². The first-order chi connectivity index (χ1) is 7.90. The largest absolute Gasteiger partial charge is 0.314 e. The molecule has 2 rings (SSSR count). The highest BCUT2D eigenvalue weighted by atomic mass is 14.9. The van der Waals surface area contributed by atoms with Gasteiger partial charge in [0.15, 0.2) is 0 Å². The van der Waals surface area contributed by atoms with Gasteiger partial charge in [0.05, 0.1) is 0 Å². The van der Waals surface area contributed by atoms with E-state index in [0.29, 0.717) is 0 Å². The monoisotopic (exact) mass is 218 g/mol. The Balaban J connectivity index is 1.70. The van der Waals surface area contributed by atoms with Crippen LogP contribution in [-0.2, 0) is 6.42 Å². The molecule has 1 aliphatic carbocycles. The number of hydrogen-bond donors (Lipinski definition) is 1. The van der Waals surface area contributed by atoms with E-state index in [1.165, 1.54) is 37.7 Å². The van der Waals surface area contributed by atoms with Gasteiger partial charge in [-0.1, -0.05) is 6.92 Å². The number of aromatic nitrogens is 1. The Bertz CT molecular complexity index is 293. The van der Waals surface area contributed by atoms with Crippen molar-refractivity contribution >= 4 is 0 Å². The minimum atomic E-state index is 0.770. The van der Waals surface area contributed by atoms with Crippen LogP contribution in [0.25, 0.3) is 0 Å². The van der Waals surface area contributed by atoms with E-state index < -0.39 is 0 Å². The van der Waals surface area contributed by atoms with E-state index in [-0.39, 0.29) is 0 Å². The number of rotatable bonds is 7. The van der Waals surface area contributed by atoms with Crippen LogP contribution in [0.3, 0.4) is 0 Å². The normalized spacial score (nSPS) is 17.3. The second-order valence-corrected chi connectivity index (χ2v) is 4.75. The Morgan fingerprint density at radius 1 is 1.38 bits per heavy atom. The van der Waals surface area contributed by atoms with Crippen molar-refractivity contribution in [3.63, 3.8) is 0 Å². The molecule has 1 aliphatic rings. The summed E-state index contributed by atoms with van der Waals surface area (Å²) >= 11 is 0. The lowest BCUT2D eigenvalue weighted by Gasteiger charge is -2.16. The average molecular weight is 218 g/mol. The molecule has 2 nitrogen and oxygen atoms in total. The number of aryl methyl sites for hydroxylation is 1. The maximum Gasteiger partial charge on any atom is 0.0270 e. The summed E-state index contributed by atoms with van der Waals surface area (Å²) in [6, 6.07) is 5.02. The lowest BCUT2D eigenvalue weighted by Crippen LogP contribution is -2.30. The molecule has 88 valence electrons. The van der Waals surface area contributed by atoms with Crippen LogP contribution in [-0.4, -0.2) is 17.6 Å². The zero-order chi connectivity index (χ0) is 11.2. The first kappa shape index (κ1) is 11.6. The fraction of sp³-hybridized carbons (Fsp3) is 0.643. The third-order valence-electron chi connectivity index (χ3n) is 3.39. The molecule has 1 aromatic rings. The van der Waals surface area contributed by atoms with Crippen LogP contribution in [0.2, 0.25) is 0 Å². The van der Waals surface area contributed by atoms with Crippen LogP contribution in [0.15, 0.2) is 24.5 Å². The average Bonchev–Trinajstić information content (AvgIpc) is 3.13. The molecule has 2 heteroatoms. The molecule has 0 aromatic carbocycles. The first-order valence-electron chi connectivity index (χ1n) is 6.52. The molecular formula is C14H22N2. The van der Waals surface area contributed by atoms with Crippen molar-refractivity contribution in [1.82, 2.24) is 10.3 Å². The molecular weight excluding hydrogens is 196 g/mol. The highest BCUT2D eigenvalue weighted by molar-refractivity contribution is 5.09. The van der Waals surface area contributed by atoms with Gasteiger partial charge in [-0.3, -0.25) is 4.98 Å². The van der Waals surface area contributed by atoms with Crippen molar-refractivity contribution in [3.05, 3.63) is 30.1 Å². The number of pyridine rings is 1. The summed E-state index contributed by atoms with van der Waals surface area (Å²) < 4.78 is 0. The van der Waals surface area contributed by atoms with Gasteiger partial charge >= 0.3 is 0 Å². The highest BCUT2D eigenvalue weighted by Gasteiger charge is 2.29. The van der Waals surface area contributed by atoms with Crippen molar-refractivity contribution in [2.24, 2.45) is 5.92 Å². The van der Waals surface area contributed by atoms with Crippen molar-refractivity contribution < 1.29 is 0 Å². The Hall–Kier alpha value is -0.890. The molecule has 0 radical (unpaired) electrons. The molecule has 1 atom stereocenters. The third kappa shape index (κ3) is 3.60. The van der Waals surface area contributed by atoms with Gasteiger partial charge in [-0.25, -0.2) is 0 Å². The van der Waals surface area contributed by atoms with E-state index in [0.717, 1.165) is 18.5 Å². The maximum absolute atomic E-state index is 4.04. The van der Waals surface area contributed by atoms with Crippen LogP contribution in [0.4, 0.5) is 0 Å². The second kappa shape index (κ2) is 6.00. The predicted molar refractivity (Wildman–Crippen MR) is 67.4 cm³/mol. The van der Waals surface area contributed by atoms with Crippen LogP contribution >= 0.6 is 0 Å². The zero-order valence-electron chi connectivity index (χ0n) is 10.2. The van der Waals surface area contributed by atoms with Gasteiger partial charge in [0.2, 0.25) is 0 Å². The lowest BCUT2D eigenvalue weighted by atomic mass is 10.0. The van der Waals surface area contributed by atoms with Gasteiger partial charge in [0, 0.05) is 18.4 Å². The summed E-state index contributed by atoms with van der Waals surface area (Å²) in [6.45, 7) is 3.31. The number of nitrogens with one attached hydrogen (secondary N) is 1. The van der Waals surface area contributed by atoms with Crippen LogP contribution in [0.1, 0.15) is 38.2 Å².